The fourth-order valence-electron chi connectivity index (χ4n) is 0.666. The third kappa shape index (κ3) is 0.808. The van der Waals surface area contributed by atoms with E-state index < -0.39 is 6.10 Å². The Morgan fingerprint density at radius 3 is 2.62 bits per heavy atom. The molecule has 0 aliphatic carbocycles. The van der Waals surface area contributed by atoms with Crippen molar-refractivity contribution >= 4 is 0 Å². The van der Waals surface area contributed by atoms with Gasteiger partial charge in [-0.05, 0) is 0 Å². The van der Waals surface area contributed by atoms with Crippen LogP contribution >= 0.6 is 0 Å². The van der Waals surface area contributed by atoms with Crippen LogP contribution in [0.1, 0.15) is 0 Å². The van der Waals surface area contributed by atoms with Crippen molar-refractivity contribution in [2.75, 3.05) is 13.2 Å². The monoisotopic (exact) mass is 113 g/mol. The summed E-state index contributed by atoms with van der Waals surface area (Å²) >= 11 is 0. The summed E-state index contributed by atoms with van der Waals surface area (Å²) in [6, 6.07) is 1.94. The van der Waals surface area contributed by atoms with Crippen LogP contribution in [-0.4, -0.2) is 24.4 Å². The van der Waals surface area contributed by atoms with Crippen molar-refractivity contribution in [2.45, 2.75) is 6.10 Å². The van der Waals surface area contributed by atoms with Gasteiger partial charge < -0.3 is 9.84 Å². The Bertz CT molecular complexity index is 118. The lowest BCUT2D eigenvalue weighted by Gasteiger charge is -1.98. The molecule has 0 amide bonds. The molecule has 3 nitrogen and oxygen atoms in total. The van der Waals surface area contributed by atoms with Crippen molar-refractivity contribution in [3.8, 4) is 6.07 Å². The fraction of sp³-hybridized carbons (Fsp3) is 0.800. The second-order valence-electron chi connectivity index (χ2n) is 1.84. The molecule has 1 saturated heterocycles. The molecule has 1 N–H and O–H groups in total. The summed E-state index contributed by atoms with van der Waals surface area (Å²) in [6.45, 7) is 0.704. The highest BCUT2D eigenvalue weighted by Gasteiger charge is 2.25. The van der Waals surface area contributed by atoms with Crippen molar-refractivity contribution in [3.63, 3.8) is 0 Å². The summed E-state index contributed by atoms with van der Waals surface area (Å²) in [5, 5.41) is 17.1. The van der Waals surface area contributed by atoms with E-state index in [1.54, 1.807) is 0 Å². The number of rotatable bonds is 0. The van der Waals surface area contributed by atoms with Crippen LogP contribution in [0, 0.1) is 17.2 Å². The first kappa shape index (κ1) is 5.54. The van der Waals surface area contributed by atoms with E-state index in [4.69, 9.17) is 15.1 Å². The molecular weight excluding hydrogens is 106 g/mol. The highest BCUT2D eigenvalue weighted by molar-refractivity contribution is 4.91. The molecule has 1 rings (SSSR count). The summed E-state index contributed by atoms with van der Waals surface area (Å²) in [7, 11) is 0. The van der Waals surface area contributed by atoms with Crippen LogP contribution in [0.15, 0.2) is 0 Å². The molecule has 1 aliphatic rings. The Morgan fingerprint density at radius 1 is 1.62 bits per heavy atom. The maximum Gasteiger partial charge on any atom is 0.0978 e. The zero-order valence-corrected chi connectivity index (χ0v) is 4.37. The van der Waals surface area contributed by atoms with Gasteiger partial charge in [-0.1, -0.05) is 0 Å². The van der Waals surface area contributed by atoms with E-state index in [9.17, 15) is 0 Å². The Labute approximate surface area is 47.5 Å². The van der Waals surface area contributed by atoms with Gasteiger partial charge in [-0.25, -0.2) is 0 Å². The van der Waals surface area contributed by atoms with E-state index in [1.807, 2.05) is 6.07 Å². The van der Waals surface area contributed by atoms with Gasteiger partial charge in [0, 0.05) is 0 Å². The average Bonchev–Trinajstić information content (AvgIpc) is 2.14. The van der Waals surface area contributed by atoms with Gasteiger partial charge in [0.05, 0.1) is 31.3 Å². The van der Waals surface area contributed by atoms with Gasteiger partial charge in [0.15, 0.2) is 0 Å². The summed E-state index contributed by atoms with van der Waals surface area (Å²) < 4.78 is 4.79. The highest BCUT2D eigenvalue weighted by Crippen LogP contribution is 2.10. The minimum atomic E-state index is -0.556. The second kappa shape index (κ2) is 2.12. The van der Waals surface area contributed by atoms with Crippen LogP contribution in [0.3, 0.4) is 0 Å². The van der Waals surface area contributed by atoms with Crippen molar-refractivity contribution in [1.29, 1.82) is 5.26 Å². The van der Waals surface area contributed by atoms with Crippen LogP contribution in [0.25, 0.3) is 0 Å². The molecule has 0 aromatic carbocycles. The van der Waals surface area contributed by atoms with Gasteiger partial charge >= 0.3 is 0 Å². The molecule has 1 aliphatic heterocycles. The topological polar surface area (TPSA) is 53.2 Å². The zero-order valence-electron chi connectivity index (χ0n) is 4.37. The van der Waals surface area contributed by atoms with Gasteiger partial charge in [0.2, 0.25) is 0 Å². The number of ether oxygens (including phenoxy) is 1. The summed E-state index contributed by atoms with van der Waals surface area (Å²) in [5.41, 5.74) is 0. The van der Waals surface area contributed by atoms with Crippen molar-refractivity contribution in [2.24, 2.45) is 5.92 Å². The SMILES string of the molecule is N#C[C@@H]1COCC1O. The molecule has 0 bridgehead atoms. The van der Waals surface area contributed by atoms with Gasteiger partial charge in [0.25, 0.3) is 0 Å². The quantitative estimate of drug-likeness (QED) is 0.461. The molecule has 2 atom stereocenters. The van der Waals surface area contributed by atoms with E-state index in [2.05, 4.69) is 0 Å². The Morgan fingerprint density at radius 2 is 2.38 bits per heavy atom. The zero-order chi connectivity index (χ0) is 5.98. The molecule has 44 valence electrons. The molecule has 1 heterocycles. The second-order valence-corrected chi connectivity index (χ2v) is 1.84. The van der Waals surface area contributed by atoms with Gasteiger partial charge in [0.1, 0.15) is 0 Å². The Hall–Kier alpha value is -0.590. The molecule has 1 unspecified atom stereocenters. The van der Waals surface area contributed by atoms with Crippen molar-refractivity contribution in [3.05, 3.63) is 0 Å². The lowest BCUT2D eigenvalue weighted by atomic mass is 10.1. The predicted molar refractivity (Wildman–Crippen MR) is 25.9 cm³/mol. The molecule has 8 heavy (non-hydrogen) atoms. The maximum absolute atomic E-state index is 8.84. The lowest BCUT2D eigenvalue weighted by molar-refractivity contribution is 0.123. The van der Waals surface area contributed by atoms with Crippen molar-refractivity contribution < 1.29 is 9.84 Å². The van der Waals surface area contributed by atoms with E-state index in [-0.39, 0.29) is 5.92 Å². The van der Waals surface area contributed by atoms with Crippen LogP contribution in [0.2, 0.25) is 0 Å². The Balaban J connectivity index is 2.45. The van der Waals surface area contributed by atoms with E-state index in [0.717, 1.165) is 0 Å². The number of aliphatic hydroxyl groups is 1. The van der Waals surface area contributed by atoms with Crippen LogP contribution < -0.4 is 0 Å². The van der Waals surface area contributed by atoms with E-state index in [1.165, 1.54) is 0 Å². The number of nitriles is 1. The first-order chi connectivity index (χ1) is 3.84. The lowest BCUT2D eigenvalue weighted by Crippen LogP contribution is -2.15. The maximum atomic E-state index is 8.84. The van der Waals surface area contributed by atoms with E-state index in [0.29, 0.717) is 13.2 Å². The summed E-state index contributed by atoms with van der Waals surface area (Å²) in [4.78, 5) is 0. The largest absolute Gasteiger partial charge is 0.389 e. The smallest absolute Gasteiger partial charge is 0.0978 e. The number of hydrogen-bond acceptors (Lipinski definition) is 3. The van der Waals surface area contributed by atoms with Crippen LogP contribution in [0.5, 0.6) is 0 Å². The standard InChI is InChI=1S/C5H7NO2/c6-1-4-2-8-3-5(4)7/h4-5,7H,2-3H2/t4-,5?/m1/s1. The summed E-state index contributed by atoms with van der Waals surface area (Å²) in [5.74, 6) is -0.296. The molecule has 3 heteroatoms. The minimum absolute atomic E-state index is 0.296. The number of hydrogen-bond donors (Lipinski definition) is 1. The average molecular weight is 113 g/mol. The molecular formula is C5H7NO2. The predicted octanol–water partition coefficient (Wildman–Crippen LogP) is -0.483. The first-order valence-electron chi connectivity index (χ1n) is 2.50. The summed E-state index contributed by atoms with van der Waals surface area (Å²) in [6.07, 6.45) is -0.556. The minimum Gasteiger partial charge on any atom is -0.389 e. The molecule has 0 radical (unpaired) electrons. The first-order valence-corrected chi connectivity index (χ1v) is 2.50. The molecule has 1 fully saturated rings. The molecule has 0 aromatic heterocycles. The highest BCUT2D eigenvalue weighted by atomic mass is 16.5. The number of aliphatic hydroxyl groups excluding tert-OH is 1. The van der Waals surface area contributed by atoms with Crippen LogP contribution in [-0.2, 0) is 4.74 Å². The molecule has 0 spiro atoms. The van der Waals surface area contributed by atoms with Crippen molar-refractivity contribution in [1.82, 2.24) is 0 Å². The van der Waals surface area contributed by atoms with Crippen LogP contribution in [0.4, 0.5) is 0 Å². The third-order valence-corrected chi connectivity index (χ3v) is 1.22. The van der Waals surface area contributed by atoms with Gasteiger partial charge in [-0.3, -0.25) is 0 Å². The normalized spacial score (nSPS) is 37.0. The van der Waals surface area contributed by atoms with Gasteiger partial charge in [-0.2, -0.15) is 5.26 Å². The molecule has 0 saturated carbocycles. The number of nitrogens with zero attached hydrogens (tertiary/aromatic N) is 1. The van der Waals surface area contributed by atoms with E-state index >= 15 is 0 Å². The molecule has 0 aromatic rings. The van der Waals surface area contributed by atoms with Gasteiger partial charge in [-0.15, -0.1) is 0 Å². The fourth-order valence-corrected chi connectivity index (χ4v) is 0.666. The Kier molecular flexibility index (Phi) is 1.47. The third-order valence-electron chi connectivity index (χ3n) is 1.22.